The highest BCUT2D eigenvalue weighted by molar-refractivity contribution is 5.88. The summed E-state index contributed by atoms with van der Waals surface area (Å²) in [6.45, 7) is 2.83. The summed E-state index contributed by atoms with van der Waals surface area (Å²) in [5.41, 5.74) is 0.610. The van der Waals surface area contributed by atoms with Crippen LogP contribution < -0.4 is 5.32 Å². The zero-order chi connectivity index (χ0) is 17.2. The van der Waals surface area contributed by atoms with Gasteiger partial charge in [-0.25, -0.2) is 0 Å². The van der Waals surface area contributed by atoms with Crippen molar-refractivity contribution in [2.24, 2.45) is 0 Å². The van der Waals surface area contributed by atoms with Crippen molar-refractivity contribution < 1.29 is 18.3 Å². The molecule has 2 aromatic carbocycles. The van der Waals surface area contributed by atoms with Gasteiger partial charge in [0, 0.05) is 44.2 Å². The molecule has 3 rings (SSSR count). The molecule has 0 spiro atoms. The molecule has 146 valence electrons. The number of piperazine rings is 1. The summed E-state index contributed by atoms with van der Waals surface area (Å²) in [5, 5.41) is 15.4. The molecule has 2 aromatic rings. The molecule has 1 saturated heterocycles. The van der Waals surface area contributed by atoms with Crippen LogP contribution in [0.15, 0.2) is 36.4 Å². The zero-order valence-corrected chi connectivity index (χ0v) is 15.8. The van der Waals surface area contributed by atoms with Crippen molar-refractivity contribution >= 4 is 35.6 Å². The van der Waals surface area contributed by atoms with Crippen LogP contribution in [0.2, 0.25) is 0 Å². The van der Waals surface area contributed by atoms with Gasteiger partial charge in [0.2, 0.25) is 0 Å². The highest BCUT2D eigenvalue weighted by atomic mass is 35.5. The van der Waals surface area contributed by atoms with Crippen LogP contribution in [0.25, 0.3) is 10.8 Å². The van der Waals surface area contributed by atoms with E-state index in [1.54, 1.807) is 12.1 Å². The Morgan fingerprint density at radius 3 is 2.35 bits per heavy atom. The van der Waals surface area contributed by atoms with Gasteiger partial charge in [-0.05, 0) is 23.3 Å². The first-order valence-corrected chi connectivity index (χ1v) is 8.18. The van der Waals surface area contributed by atoms with E-state index in [4.69, 9.17) is 0 Å². The SMILES string of the molecule is Cl.Cl.Oc1ccc2ccccc2c1[C@@H](CCC(F)(F)F)N1CCNCC1. The number of phenolic OH excluding ortho intramolecular Hbond substituents is 1. The van der Waals surface area contributed by atoms with Gasteiger partial charge in [0.05, 0.1) is 0 Å². The van der Waals surface area contributed by atoms with Crippen molar-refractivity contribution in [3.63, 3.8) is 0 Å². The Hall–Kier alpha value is -1.21. The summed E-state index contributed by atoms with van der Waals surface area (Å²) in [7, 11) is 0. The van der Waals surface area contributed by atoms with Gasteiger partial charge in [-0.15, -0.1) is 24.8 Å². The zero-order valence-electron chi connectivity index (χ0n) is 14.1. The molecule has 1 fully saturated rings. The first kappa shape index (κ1) is 22.8. The third-order valence-corrected chi connectivity index (χ3v) is 4.57. The van der Waals surface area contributed by atoms with Gasteiger partial charge >= 0.3 is 6.18 Å². The summed E-state index contributed by atoms with van der Waals surface area (Å²) in [6, 6.07) is 10.5. The monoisotopic (exact) mass is 410 g/mol. The molecular weight excluding hydrogens is 388 g/mol. The van der Waals surface area contributed by atoms with Crippen molar-refractivity contribution in [1.82, 2.24) is 10.2 Å². The lowest BCUT2D eigenvalue weighted by molar-refractivity contribution is -0.138. The normalized spacial score (nSPS) is 16.6. The van der Waals surface area contributed by atoms with E-state index in [1.165, 1.54) is 0 Å². The second kappa shape index (κ2) is 9.65. The van der Waals surface area contributed by atoms with Crippen molar-refractivity contribution in [2.45, 2.75) is 25.1 Å². The summed E-state index contributed by atoms with van der Waals surface area (Å²) in [6.07, 6.45) is -5.11. The lowest BCUT2D eigenvalue weighted by Crippen LogP contribution is -2.45. The van der Waals surface area contributed by atoms with Gasteiger partial charge in [-0.3, -0.25) is 4.90 Å². The molecule has 26 heavy (non-hydrogen) atoms. The van der Waals surface area contributed by atoms with E-state index in [-0.39, 0.29) is 37.0 Å². The van der Waals surface area contributed by atoms with E-state index in [9.17, 15) is 18.3 Å². The molecular formula is C18H23Cl2F3N2O. The molecule has 0 amide bonds. The molecule has 2 N–H and O–H groups in total. The number of nitrogens with zero attached hydrogens (tertiary/aromatic N) is 1. The predicted molar refractivity (Wildman–Crippen MR) is 103 cm³/mol. The molecule has 1 aliphatic heterocycles. The molecule has 0 bridgehead atoms. The number of halogens is 5. The molecule has 1 heterocycles. The van der Waals surface area contributed by atoms with Crippen molar-refractivity contribution in [2.75, 3.05) is 26.2 Å². The Balaban J connectivity index is 0.00000169. The van der Waals surface area contributed by atoms with Gasteiger partial charge in [-0.1, -0.05) is 30.3 Å². The van der Waals surface area contributed by atoms with Crippen LogP contribution in [-0.4, -0.2) is 42.4 Å². The number of phenols is 1. The minimum absolute atomic E-state index is 0. The van der Waals surface area contributed by atoms with Gasteiger partial charge in [-0.2, -0.15) is 13.2 Å². The van der Waals surface area contributed by atoms with Gasteiger partial charge in [0.1, 0.15) is 5.75 Å². The highest BCUT2D eigenvalue weighted by Gasteiger charge is 2.33. The number of fused-ring (bicyclic) bond motifs is 1. The highest BCUT2D eigenvalue weighted by Crippen LogP contribution is 2.39. The Morgan fingerprint density at radius 2 is 1.69 bits per heavy atom. The maximum Gasteiger partial charge on any atom is 0.389 e. The van der Waals surface area contributed by atoms with E-state index < -0.39 is 18.6 Å². The number of aromatic hydroxyl groups is 1. The Labute approximate surface area is 163 Å². The molecule has 1 aliphatic rings. The predicted octanol–water partition coefficient (Wildman–Crippen LogP) is 4.68. The maximum absolute atomic E-state index is 12.8. The lowest BCUT2D eigenvalue weighted by atomic mass is 9.93. The smallest absolute Gasteiger partial charge is 0.389 e. The van der Waals surface area contributed by atoms with Gasteiger partial charge in [0.15, 0.2) is 0 Å². The number of nitrogens with one attached hydrogen (secondary N) is 1. The molecule has 1 atom stereocenters. The molecule has 3 nitrogen and oxygen atoms in total. The maximum atomic E-state index is 12.8. The van der Waals surface area contributed by atoms with E-state index >= 15 is 0 Å². The van der Waals surface area contributed by atoms with Crippen LogP contribution in [0, 0.1) is 0 Å². The Kier molecular flexibility index (Phi) is 8.47. The molecule has 0 radical (unpaired) electrons. The van der Waals surface area contributed by atoms with Crippen LogP contribution in [0.1, 0.15) is 24.4 Å². The van der Waals surface area contributed by atoms with Crippen LogP contribution in [0.5, 0.6) is 5.75 Å². The third-order valence-electron chi connectivity index (χ3n) is 4.57. The number of hydrogen-bond acceptors (Lipinski definition) is 3. The molecule has 0 aliphatic carbocycles. The second-order valence-electron chi connectivity index (χ2n) is 6.18. The fourth-order valence-corrected chi connectivity index (χ4v) is 3.44. The topological polar surface area (TPSA) is 35.5 Å². The number of alkyl halides is 3. The van der Waals surface area contributed by atoms with Crippen molar-refractivity contribution in [3.05, 3.63) is 42.0 Å². The standard InChI is InChI=1S/C18H21F3N2O.2ClH/c19-18(20,21)8-7-15(23-11-9-22-10-12-23)17-14-4-2-1-3-13(14)5-6-16(17)24;;/h1-6,15,22,24H,7-12H2;2*1H/t15-;;/m1../s1. The van der Waals surface area contributed by atoms with Gasteiger partial charge in [0.25, 0.3) is 0 Å². The number of rotatable bonds is 4. The van der Waals surface area contributed by atoms with Gasteiger partial charge < -0.3 is 10.4 Å². The third kappa shape index (κ3) is 5.39. The van der Waals surface area contributed by atoms with Crippen LogP contribution in [0.3, 0.4) is 0 Å². The lowest BCUT2D eigenvalue weighted by Gasteiger charge is -2.36. The molecule has 0 aromatic heterocycles. The summed E-state index contributed by atoms with van der Waals surface area (Å²) >= 11 is 0. The van der Waals surface area contributed by atoms with Crippen molar-refractivity contribution in [1.29, 1.82) is 0 Å². The van der Waals surface area contributed by atoms with E-state index in [0.29, 0.717) is 18.7 Å². The van der Waals surface area contributed by atoms with Crippen molar-refractivity contribution in [3.8, 4) is 5.75 Å². The first-order valence-electron chi connectivity index (χ1n) is 8.18. The Morgan fingerprint density at radius 1 is 1.04 bits per heavy atom. The fourth-order valence-electron chi connectivity index (χ4n) is 3.44. The molecule has 0 unspecified atom stereocenters. The minimum Gasteiger partial charge on any atom is -0.508 e. The number of benzene rings is 2. The van der Waals surface area contributed by atoms with Crippen LogP contribution in [0.4, 0.5) is 13.2 Å². The van der Waals surface area contributed by atoms with E-state index in [0.717, 1.165) is 23.9 Å². The second-order valence-corrected chi connectivity index (χ2v) is 6.18. The van der Waals surface area contributed by atoms with Crippen LogP contribution >= 0.6 is 24.8 Å². The van der Waals surface area contributed by atoms with E-state index in [1.807, 2.05) is 29.2 Å². The molecule has 0 saturated carbocycles. The summed E-state index contributed by atoms with van der Waals surface area (Å²) in [4.78, 5) is 2.05. The van der Waals surface area contributed by atoms with Crippen LogP contribution in [-0.2, 0) is 0 Å². The summed E-state index contributed by atoms with van der Waals surface area (Å²) < 4.78 is 38.5. The molecule has 8 heteroatoms. The number of hydrogen-bond donors (Lipinski definition) is 2. The minimum atomic E-state index is -4.20. The van der Waals surface area contributed by atoms with E-state index in [2.05, 4.69) is 5.32 Å². The summed E-state index contributed by atoms with van der Waals surface area (Å²) in [5.74, 6) is 0.0689. The fraction of sp³-hybridized carbons (Fsp3) is 0.444. The average Bonchev–Trinajstić information content (AvgIpc) is 2.57. The quantitative estimate of drug-likeness (QED) is 0.767. The first-order chi connectivity index (χ1) is 11.5. The average molecular weight is 411 g/mol. The Bertz CT molecular complexity index is 706. The largest absolute Gasteiger partial charge is 0.508 e.